The first kappa shape index (κ1) is 30.3. The van der Waals surface area contributed by atoms with Crippen LogP contribution in [-0.4, -0.2) is 55.0 Å². The summed E-state index contributed by atoms with van der Waals surface area (Å²) >= 11 is 13.5. The molecule has 1 aliphatic rings. The molecule has 0 saturated carbocycles. The van der Waals surface area contributed by atoms with Gasteiger partial charge in [-0.2, -0.15) is 0 Å². The summed E-state index contributed by atoms with van der Waals surface area (Å²) < 4.78 is 10.6. The number of halogens is 3. The number of amides is 1. The number of ether oxygens (including phenoxy) is 2. The first-order valence-corrected chi connectivity index (χ1v) is 13.8. The van der Waals surface area contributed by atoms with E-state index in [1.165, 1.54) is 17.3 Å². The number of nitrogens with one attached hydrogen (secondary N) is 2. The topological polar surface area (TPSA) is 85.4 Å². The maximum absolute atomic E-state index is 12.3. The summed E-state index contributed by atoms with van der Waals surface area (Å²) in [5, 5.41) is 8.31. The lowest BCUT2D eigenvalue weighted by Gasteiger charge is -2.12. The van der Waals surface area contributed by atoms with E-state index in [4.69, 9.17) is 32.7 Å². The Hall–Kier alpha value is -2.23. The largest absolute Gasteiger partial charge is 0.493 e. The number of aromatic nitrogens is 2. The van der Waals surface area contributed by atoms with E-state index in [-0.39, 0.29) is 24.1 Å². The number of methoxy groups -OCH3 is 2. The van der Waals surface area contributed by atoms with Gasteiger partial charge in [0, 0.05) is 30.5 Å². The number of hydrogen-bond acceptors (Lipinski definition) is 7. The molecule has 0 unspecified atom stereocenters. The van der Waals surface area contributed by atoms with Crippen LogP contribution in [0.1, 0.15) is 18.4 Å². The summed E-state index contributed by atoms with van der Waals surface area (Å²) in [6, 6.07) is 11.9. The Morgan fingerprint density at radius 1 is 1.05 bits per heavy atom. The van der Waals surface area contributed by atoms with Crippen molar-refractivity contribution >= 4 is 53.3 Å². The summed E-state index contributed by atoms with van der Waals surface area (Å²) in [5.41, 5.74) is 2.98. The Labute approximate surface area is 243 Å². The van der Waals surface area contributed by atoms with Crippen molar-refractivity contribution in [2.75, 3.05) is 33.1 Å². The van der Waals surface area contributed by atoms with Crippen molar-refractivity contribution in [2.24, 2.45) is 5.92 Å². The van der Waals surface area contributed by atoms with Crippen molar-refractivity contribution in [3.63, 3.8) is 0 Å². The van der Waals surface area contributed by atoms with E-state index in [2.05, 4.69) is 20.6 Å². The van der Waals surface area contributed by atoms with Crippen molar-refractivity contribution in [3.8, 4) is 22.6 Å². The lowest BCUT2D eigenvalue weighted by molar-refractivity contribution is -0.118. The van der Waals surface area contributed by atoms with Gasteiger partial charge in [0.2, 0.25) is 5.91 Å². The zero-order chi connectivity index (χ0) is 26.2. The fourth-order valence-corrected chi connectivity index (χ4v) is 5.34. The molecule has 2 heterocycles. The molecule has 1 saturated heterocycles. The minimum absolute atomic E-state index is 0. The minimum Gasteiger partial charge on any atom is -0.493 e. The highest BCUT2D eigenvalue weighted by molar-refractivity contribution is 7.99. The molecule has 1 aromatic heterocycles. The Morgan fingerprint density at radius 2 is 1.82 bits per heavy atom. The van der Waals surface area contributed by atoms with Crippen LogP contribution >= 0.6 is 47.4 Å². The minimum atomic E-state index is -0.0251. The van der Waals surface area contributed by atoms with Crippen LogP contribution in [0.3, 0.4) is 0 Å². The van der Waals surface area contributed by atoms with Crippen molar-refractivity contribution in [1.82, 2.24) is 20.6 Å². The summed E-state index contributed by atoms with van der Waals surface area (Å²) in [4.78, 5) is 21.1. The predicted molar refractivity (Wildman–Crippen MR) is 156 cm³/mol. The molecule has 2 atom stereocenters. The van der Waals surface area contributed by atoms with Gasteiger partial charge >= 0.3 is 0 Å². The van der Waals surface area contributed by atoms with Gasteiger partial charge in [-0.3, -0.25) is 4.79 Å². The van der Waals surface area contributed by atoms with Gasteiger partial charge in [0.25, 0.3) is 0 Å². The van der Waals surface area contributed by atoms with Gasteiger partial charge in [-0.1, -0.05) is 47.1 Å². The van der Waals surface area contributed by atoms with Crippen LogP contribution in [0.2, 0.25) is 10.0 Å². The molecule has 2 N–H and O–H groups in total. The van der Waals surface area contributed by atoms with Crippen molar-refractivity contribution < 1.29 is 14.3 Å². The SMILES string of the molecule is COc1ccc(-c2cnc(SCC(=O)NCC[C@@H]3C[C@@H](Cc4ccc(Cl)c(Cl)c4)CN3)nc2)cc1OC.Cl. The summed E-state index contributed by atoms with van der Waals surface area (Å²) in [6.45, 7) is 1.60. The zero-order valence-corrected chi connectivity index (χ0v) is 24.4. The number of rotatable bonds is 11. The zero-order valence-electron chi connectivity index (χ0n) is 21.2. The Kier molecular flexibility index (Phi) is 11.8. The van der Waals surface area contributed by atoms with E-state index >= 15 is 0 Å². The number of benzene rings is 2. The molecule has 3 aromatic rings. The molecule has 11 heteroatoms. The van der Waals surface area contributed by atoms with Crippen LogP contribution in [0.15, 0.2) is 53.9 Å². The van der Waals surface area contributed by atoms with Gasteiger partial charge < -0.3 is 20.1 Å². The van der Waals surface area contributed by atoms with Gasteiger partial charge in [-0.05, 0) is 67.1 Å². The maximum Gasteiger partial charge on any atom is 0.230 e. The molecule has 2 aromatic carbocycles. The Balaban J connectivity index is 0.00000400. The van der Waals surface area contributed by atoms with E-state index < -0.39 is 0 Å². The number of carbonyl (C=O) groups is 1. The Bertz CT molecular complexity index is 1220. The van der Waals surface area contributed by atoms with E-state index in [0.717, 1.165) is 36.9 Å². The molecule has 0 aliphatic carbocycles. The molecule has 7 nitrogen and oxygen atoms in total. The van der Waals surface area contributed by atoms with Crippen LogP contribution in [-0.2, 0) is 11.2 Å². The fraction of sp³-hybridized carbons (Fsp3) is 0.370. The highest BCUT2D eigenvalue weighted by Gasteiger charge is 2.24. The van der Waals surface area contributed by atoms with Crippen LogP contribution in [0.4, 0.5) is 0 Å². The second-order valence-electron chi connectivity index (χ2n) is 8.91. The second kappa shape index (κ2) is 14.8. The monoisotopic (exact) mass is 596 g/mol. The highest BCUT2D eigenvalue weighted by atomic mass is 35.5. The van der Waals surface area contributed by atoms with Gasteiger partial charge in [-0.15, -0.1) is 12.4 Å². The van der Waals surface area contributed by atoms with Gasteiger partial charge in [0.1, 0.15) is 0 Å². The van der Waals surface area contributed by atoms with Gasteiger partial charge in [0.15, 0.2) is 16.7 Å². The van der Waals surface area contributed by atoms with E-state index in [0.29, 0.717) is 45.2 Å². The third-order valence-corrected chi connectivity index (χ3v) is 7.93. The van der Waals surface area contributed by atoms with Crippen LogP contribution in [0.5, 0.6) is 11.5 Å². The molecule has 1 aliphatic heterocycles. The van der Waals surface area contributed by atoms with Crippen molar-refractivity contribution in [3.05, 3.63) is 64.4 Å². The molecular weight excluding hydrogens is 567 g/mol. The molecule has 1 amide bonds. The van der Waals surface area contributed by atoms with Gasteiger partial charge in [-0.25, -0.2) is 9.97 Å². The number of nitrogens with zero attached hydrogens (tertiary/aromatic N) is 2. The smallest absolute Gasteiger partial charge is 0.230 e. The molecule has 1 fully saturated rings. The number of carbonyl (C=O) groups excluding carboxylic acids is 1. The summed E-state index contributed by atoms with van der Waals surface area (Å²) in [7, 11) is 3.20. The highest BCUT2D eigenvalue weighted by Crippen LogP contribution is 2.32. The van der Waals surface area contributed by atoms with Crippen molar-refractivity contribution in [2.45, 2.75) is 30.5 Å². The van der Waals surface area contributed by atoms with Crippen LogP contribution in [0, 0.1) is 5.92 Å². The van der Waals surface area contributed by atoms with E-state index in [1.807, 2.05) is 36.4 Å². The summed E-state index contributed by atoms with van der Waals surface area (Å²) in [6.07, 6.45) is 6.42. The molecule has 204 valence electrons. The third kappa shape index (κ3) is 8.38. The lowest BCUT2D eigenvalue weighted by atomic mass is 9.96. The van der Waals surface area contributed by atoms with Crippen LogP contribution < -0.4 is 20.1 Å². The number of hydrogen-bond donors (Lipinski definition) is 2. The van der Waals surface area contributed by atoms with Crippen molar-refractivity contribution in [1.29, 1.82) is 0 Å². The molecule has 38 heavy (non-hydrogen) atoms. The average molecular weight is 598 g/mol. The maximum atomic E-state index is 12.3. The predicted octanol–water partition coefficient (Wildman–Crippen LogP) is 5.71. The fourth-order valence-electron chi connectivity index (χ4n) is 4.40. The molecular formula is C27H31Cl3N4O3S. The first-order chi connectivity index (χ1) is 17.9. The normalized spacial score (nSPS) is 16.5. The Morgan fingerprint density at radius 3 is 2.53 bits per heavy atom. The van der Waals surface area contributed by atoms with E-state index in [1.54, 1.807) is 26.6 Å². The number of thioether (sulfide) groups is 1. The summed E-state index contributed by atoms with van der Waals surface area (Å²) in [5.74, 6) is 2.10. The van der Waals surface area contributed by atoms with Crippen LogP contribution in [0.25, 0.3) is 11.1 Å². The molecule has 4 rings (SSSR count). The quantitative estimate of drug-likeness (QED) is 0.216. The van der Waals surface area contributed by atoms with E-state index in [9.17, 15) is 4.79 Å². The first-order valence-electron chi connectivity index (χ1n) is 12.1. The molecule has 0 bridgehead atoms. The van der Waals surface area contributed by atoms with Gasteiger partial charge in [0.05, 0.1) is 30.0 Å². The molecule has 0 radical (unpaired) electrons. The third-order valence-electron chi connectivity index (χ3n) is 6.31. The lowest BCUT2D eigenvalue weighted by Crippen LogP contribution is -2.31. The second-order valence-corrected chi connectivity index (χ2v) is 10.7. The standard InChI is InChI=1S/C27H30Cl2N4O3S.ClH/c1-35-24-6-4-19(12-25(24)36-2)20-14-32-27(33-15-20)37-16-26(34)30-8-7-21-10-18(13-31-21)9-17-3-5-22(28)23(29)11-17;/h3-6,11-12,14-15,18,21,31H,7-10,13,16H2,1-2H3,(H,30,34);1H/t18-,21-;/m1./s1. The molecule has 0 spiro atoms. The average Bonchev–Trinajstić information content (AvgIpc) is 3.36.